The lowest BCUT2D eigenvalue weighted by Crippen LogP contribution is -2.29. The van der Waals surface area contributed by atoms with Gasteiger partial charge in [-0.25, -0.2) is 9.59 Å². The van der Waals surface area contributed by atoms with Crippen LogP contribution in [0, 0.1) is 0 Å². The quantitative estimate of drug-likeness (QED) is 0.268. The molecule has 1 N–H and O–H groups in total. The molecule has 0 spiro atoms. The molecule has 0 radical (unpaired) electrons. The molecule has 6 nitrogen and oxygen atoms in total. The van der Waals surface area contributed by atoms with Crippen molar-refractivity contribution in [1.29, 1.82) is 0 Å². The van der Waals surface area contributed by atoms with Gasteiger partial charge in [0.05, 0.1) is 12.2 Å². The van der Waals surface area contributed by atoms with Gasteiger partial charge in [-0.3, -0.25) is 4.79 Å². The van der Waals surface area contributed by atoms with E-state index in [1.165, 1.54) is 6.07 Å². The molecule has 0 saturated heterocycles. The zero-order valence-electron chi connectivity index (χ0n) is 17.2. The molecule has 4 rings (SSSR count). The van der Waals surface area contributed by atoms with Crippen molar-refractivity contribution in [2.45, 2.75) is 6.42 Å². The van der Waals surface area contributed by atoms with Gasteiger partial charge in [0.15, 0.2) is 0 Å². The average Bonchev–Trinajstić information content (AvgIpc) is 2.83. The Bertz CT molecular complexity index is 1290. The van der Waals surface area contributed by atoms with Gasteiger partial charge in [-0.15, -0.1) is 0 Å². The van der Waals surface area contributed by atoms with Gasteiger partial charge in [0.25, 0.3) is 5.91 Å². The van der Waals surface area contributed by atoms with E-state index in [0.29, 0.717) is 23.0 Å². The van der Waals surface area contributed by atoms with Crippen LogP contribution in [0.2, 0.25) is 0 Å². The lowest BCUT2D eigenvalue weighted by Gasteiger charge is -2.07. The number of nitrogens with one attached hydrogen (secondary N) is 1. The molecule has 6 heteroatoms. The van der Waals surface area contributed by atoms with Gasteiger partial charge in [0.2, 0.25) is 0 Å². The fraction of sp³-hybridized carbons (Fsp3) is 0.115. The predicted octanol–water partition coefficient (Wildman–Crippen LogP) is 4.44. The van der Waals surface area contributed by atoms with Gasteiger partial charge in [0, 0.05) is 11.9 Å². The molecule has 0 aliphatic carbocycles. The van der Waals surface area contributed by atoms with Crippen LogP contribution >= 0.6 is 0 Å². The normalized spacial score (nSPS) is 10.6. The van der Waals surface area contributed by atoms with Crippen LogP contribution in [0.25, 0.3) is 22.1 Å². The number of carbonyl (C=O) groups excluding carboxylic acids is 2. The molecule has 0 fully saturated rings. The van der Waals surface area contributed by atoms with Gasteiger partial charge in [-0.1, -0.05) is 60.7 Å². The molecule has 0 aliphatic rings. The summed E-state index contributed by atoms with van der Waals surface area (Å²) in [4.78, 5) is 36.5. The van der Waals surface area contributed by atoms with Crippen LogP contribution < -0.4 is 10.9 Å². The average molecular weight is 427 g/mol. The maximum Gasteiger partial charge on any atom is 0.349 e. The summed E-state index contributed by atoms with van der Waals surface area (Å²) in [5.41, 5.74) is 2.23. The van der Waals surface area contributed by atoms with Crippen molar-refractivity contribution in [3.05, 3.63) is 106 Å². The summed E-state index contributed by atoms with van der Waals surface area (Å²) in [5.74, 6) is -0.946. The van der Waals surface area contributed by atoms with Crippen LogP contribution in [0.1, 0.15) is 27.1 Å². The van der Waals surface area contributed by atoms with Crippen molar-refractivity contribution < 1.29 is 18.7 Å². The number of rotatable bonds is 7. The van der Waals surface area contributed by atoms with E-state index < -0.39 is 17.5 Å². The smallest absolute Gasteiger partial charge is 0.349 e. The number of para-hydroxylation sites is 1. The zero-order chi connectivity index (χ0) is 22.3. The Morgan fingerprint density at radius 2 is 1.53 bits per heavy atom. The highest BCUT2D eigenvalue weighted by Crippen LogP contribution is 2.19. The van der Waals surface area contributed by atoms with Crippen molar-refractivity contribution in [2.75, 3.05) is 13.2 Å². The summed E-state index contributed by atoms with van der Waals surface area (Å²) in [7, 11) is 0. The van der Waals surface area contributed by atoms with Gasteiger partial charge in [-0.2, -0.15) is 0 Å². The molecular formula is C26H21NO5. The van der Waals surface area contributed by atoms with E-state index in [1.54, 1.807) is 36.4 Å². The molecule has 1 heterocycles. The van der Waals surface area contributed by atoms with Crippen molar-refractivity contribution >= 4 is 22.8 Å². The van der Waals surface area contributed by atoms with Crippen LogP contribution in [0.5, 0.6) is 0 Å². The Balaban J connectivity index is 1.25. The van der Waals surface area contributed by atoms with Crippen molar-refractivity contribution in [2.24, 2.45) is 0 Å². The lowest BCUT2D eigenvalue weighted by atomic mass is 10.0. The monoisotopic (exact) mass is 427 g/mol. The number of fused-ring (bicyclic) bond motifs is 1. The molecule has 4 aromatic rings. The molecule has 0 unspecified atom stereocenters. The van der Waals surface area contributed by atoms with E-state index in [2.05, 4.69) is 5.32 Å². The summed E-state index contributed by atoms with van der Waals surface area (Å²) in [5, 5.41) is 3.32. The Morgan fingerprint density at radius 1 is 0.844 bits per heavy atom. The van der Waals surface area contributed by atoms with Gasteiger partial charge in [0.1, 0.15) is 11.1 Å². The van der Waals surface area contributed by atoms with E-state index >= 15 is 0 Å². The summed E-state index contributed by atoms with van der Waals surface area (Å²) in [6.45, 7) is 0.400. The third kappa shape index (κ3) is 4.92. The number of amides is 1. The standard InChI is InChI=1S/C26H21NO5/c28-24(22-17-21-9-4-5-10-23(21)32-26(22)30)27-15-6-16-31-25(29)20-13-11-19(12-14-20)18-7-2-1-3-8-18/h1-5,7-14,17H,6,15-16H2,(H,27,28). The van der Waals surface area contributed by atoms with Crippen LogP contribution in [0.4, 0.5) is 0 Å². The number of hydrogen-bond donors (Lipinski definition) is 1. The zero-order valence-corrected chi connectivity index (χ0v) is 17.2. The molecule has 1 aromatic heterocycles. The first-order valence-corrected chi connectivity index (χ1v) is 10.3. The molecule has 0 aliphatic heterocycles. The third-order valence-electron chi connectivity index (χ3n) is 4.95. The van der Waals surface area contributed by atoms with E-state index in [4.69, 9.17) is 9.15 Å². The van der Waals surface area contributed by atoms with E-state index in [9.17, 15) is 14.4 Å². The van der Waals surface area contributed by atoms with E-state index in [1.807, 2.05) is 42.5 Å². The Labute approximate surface area is 184 Å². The minimum atomic E-state index is -0.688. The van der Waals surface area contributed by atoms with Crippen LogP contribution in [-0.2, 0) is 4.74 Å². The molecular weight excluding hydrogens is 406 g/mol. The number of carbonyl (C=O) groups is 2. The maximum atomic E-state index is 12.3. The fourth-order valence-electron chi connectivity index (χ4n) is 3.27. The predicted molar refractivity (Wildman–Crippen MR) is 122 cm³/mol. The highest BCUT2D eigenvalue weighted by atomic mass is 16.5. The number of esters is 1. The topological polar surface area (TPSA) is 85.6 Å². The van der Waals surface area contributed by atoms with Crippen molar-refractivity contribution in [3.63, 3.8) is 0 Å². The third-order valence-corrected chi connectivity index (χ3v) is 4.95. The second-order valence-electron chi connectivity index (χ2n) is 7.17. The Morgan fingerprint density at radius 3 is 2.31 bits per heavy atom. The molecule has 0 saturated carbocycles. The Hall–Kier alpha value is -4.19. The number of ether oxygens (including phenoxy) is 1. The highest BCUT2D eigenvalue weighted by molar-refractivity contribution is 5.96. The molecule has 0 atom stereocenters. The summed E-state index contributed by atoms with van der Waals surface area (Å²) in [6, 6.07) is 25.6. The first-order valence-electron chi connectivity index (χ1n) is 10.3. The van der Waals surface area contributed by atoms with E-state index in [0.717, 1.165) is 11.1 Å². The second-order valence-corrected chi connectivity index (χ2v) is 7.17. The first-order chi connectivity index (χ1) is 15.6. The van der Waals surface area contributed by atoms with Crippen LogP contribution in [0.3, 0.4) is 0 Å². The maximum absolute atomic E-state index is 12.3. The largest absolute Gasteiger partial charge is 0.462 e. The van der Waals surface area contributed by atoms with Crippen LogP contribution in [-0.4, -0.2) is 25.0 Å². The molecule has 160 valence electrons. The number of hydrogen-bond acceptors (Lipinski definition) is 5. The summed E-state index contributed by atoms with van der Waals surface area (Å²) in [6.07, 6.45) is 0.415. The lowest BCUT2D eigenvalue weighted by molar-refractivity contribution is 0.0501. The minimum absolute atomic E-state index is 0.0563. The minimum Gasteiger partial charge on any atom is -0.462 e. The SMILES string of the molecule is O=C(OCCCNC(=O)c1cc2ccccc2oc1=O)c1ccc(-c2ccccc2)cc1. The fourth-order valence-corrected chi connectivity index (χ4v) is 3.27. The van der Waals surface area contributed by atoms with E-state index in [-0.39, 0.29) is 18.7 Å². The van der Waals surface area contributed by atoms with Crippen LogP contribution in [0.15, 0.2) is 94.1 Å². The highest BCUT2D eigenvalue weighted by Gasteiger charge is 2.13. The molecule has 1 amide bonds. The molecule has 3 aromatic carbocycles. The first kappa shape index (κ1) is 21.1. The number of benzene rings is 3. The van der Waals surface area contributed by atoms with Gasteiger partial charge in [-0.05, 0) is 41.8 Å². The molecule has 0 bridgehead atoms. The van der Waals surface area contributed by atoms with Crippen molar-refractivity contribution in [1.82, 2.24) is 5.32 Å². The van der Waals surface area contributed by atoms with Gasteiger partial charge < -0.3 is 14.5 Å². The van der Waals surface area contributed by atoms with Gasteiger partial charge >= 0.3 is 11.6 Å². The van der Waals surface area contributed by atoms with Crippen molar-refractivity contribution in [3.8, 4) is 11.1 Å². The summed E-state index contributed by atoms with van der Waals surface area (Å²) < 4.78 is 10.4. The summed E-state index contributed by atoms with van der Waals surface area (Å²) >= 11 is 0. The second kappa shape index (κ2) is 9.75. The Kier molecular flexibility index (Phi) is 6.41. The molecule has 32 heavy (non-hydrogen) atoms.